The van der Waals surface area contributed by atoms with Gasteiger partial charge in [-0.25, -0.2) is 13.6 Å². The van der Waals surface area contributed by atoms with E-state index >= 15 is 0 Å². The van der Waals surface area contributed by atoms with Crippen LogP contribution >= 0.6 is 0 Å². The Balaban J connectivity index is 2.19. The van der Waals surface area contributed by atoms with Crippen molar-refractivity contribution in [1.82, 2.24) is 0 Å². The van der Waals surface area contributed by atoms with Gasteiger partial charge in [0.05, 0.1) is 11.3 Å². The van der Waals surface area contributed by atoms with Crippen molar-refractivity contribution < 1.29 is 23.4 Å². The van der Waals surface area contributed by atoms with Crippen LogP contribution in [0.4, 0.5) is 14.5 Å². The number of carboxylic acid groups (broad SMARTS) is 1. The van der Waals surface area contributed by atoms with Crippen molar-refractivity contribution in [2.24, 2.45) is 0 Å². The van der Waals surface area contributed by atoms with Crippen LogP contribution in [0.2, 0.25) is 0 Å². The van der Waals surface area contributed by atoms with Gasteiger partial charge in [0.1, 0.15) is 11.6 Å². The van der Waals surface area contributed by atoms with Gasteiger partial charge in [-0.1, -0.05) is 0 Å². The number of benzene rings is 1. The molecule has 2 N–H and O–H groups in total. The molecule has 0 spiro atoms. The van der Waals surface area contributed by atoms with Crippen molar-refractivity contribution in [2.45, 2.75) is 25.3 Å². The summed E-state index contributed by atoms with van der Waals surface area (Å²) in [5.41, 5.74) is -0.514. The van der Waals surface area contributed by atoms with Crippen LogP contribution in [0.25, 0.3) is 0 Å². The molecular weight excluding hydrogens is 256 g/mol. The van der Waals surface area contributed by atoms with Gasteiger partial charge >= 0.3 is 5.97 Å². The molecule has 19 heavy (non-hydrogen) atoms. The second kappa shape index (κ2) is 5.97. The van der Waals surface area contributed by atoms with Crippen molar-refractivity contribution in [1.29, 1.82) is 0 Å². The number of carbonyl (C=O) groups is 1. The second-order valence-electron chi connectivity index (χ2n) is 4.50. The lowest BCUT2D eigenvalue weighted by atomic mass is 10.1. The van der Waals surface area contributed by atoms with Crippen LogP contribution < -0.4 is 5.32 Å². The van der Waals surface area contributed by atoms with Gasteiger partial charge in [0, 0.05) is 25.3 Å². The van der Waals surface area contributed by atoms with Gasteiger partial charge < -0.3 is 15.2 Å². The van der Waals surface area contributed by atoms with Crippen LogP contribution in [0, 0.1) is 11.6 Å². The van der Waals surface area contributed by atoms with Crippen LogP contribution in [0.5, 0.6) is 0 Å². The Morgan fingerprint density at radius 3 is 2.79 bits per heavy atom. The maximum atomic E-state index is 13.6. The molecule has 0 aromatic heterocycles. The number of anilines is 1. The maximum absolute atomic E-state index is 13.6. The third-order valence-corrected chi connectivity index (χ3v) is 3.10. The highest BCUT2D eigenvalue weighted by Gasteiger charge is 2.18. The Hall–Kier alpha value is -1.69. The van der Waals surface area contributed by atoms with E-state index in [-0.39, 0.29) is 11.7 Å². The van der Waals surface area contributed by atoms with Crippen molar-refractivity contribution in [3.8, 4) is 0 Å². The molecule has 0 radical (unpaired) electrons. The zero-order valence-corrected chi connectivity index (χ0v) is 10.3. The van der Waals surface area contributed by atoms with Crippen LogP contribution in [-0.4, -0.2) is 30.3 Å². The summed E-state index contributed by atoms with van der Waals surface area (Å²) in [7, 11) is 0. The first-order valence-corrected chi connectivity index (χ1v) is 6.14. The van der Waals surface area contributed by atoms with E-state index in [0.717, 1.165) is 18.9 Å². The largest absolute Gasteiger partial charge is 0.478 e. The van der Waals surface area contributed by atoms with E-state index in [9.17, 15) is 13.6 Å². The van der Waals surface area contributed by atoms with Crippen molar-refractivity contribution in [2.75, 3.05) is 18.5 Å². The number of hydrogen-bond acceptors (Lipinski definition) is 3. The molecule has 1 atom stereocenters. The number of carboxylic acids is 1. The maximum Gasteiger partial charge on any atom is 0.338 e. The predicted molar refractivity (Wildman–Crippen MR) is 65.4 cm³/mol. The molecule has 0 saturated carbocycles. The van der Waals surface area contributed by atoms with Gasteiger partial charge in [0.15, 0.2) is 0 Å². The summed E-state index contributed by atoms with van der Waals surface area (Å²) in [6.45, 7) is 1.25. The first kappa shape index (κ1) is 13.7. The van der Waals surface area contributed by atoms with Crippen LogP contribution in [0.15, 0.2) is 12.1 Å². The molecule has 1 saturated heterocycles. The van der Waals surface area contributed by atoms with Crippen molar-refractivity contribution >= 4 is 11.7 Å². The average Bonchev–Trinajstić information content (AvgIpc) is 2.60. The van der Waals surface area contributed by atoms with Gasteiger partial charge in [0.25, 0.3) is 0 Å². The van der Waals surface area contributed by atoms with Crippen molar-refractivity contribution in [3.63, 3.8) is 0 Å². The molecule has 1 aromatic rings. The zero-order chi connectivity index (χ0) is 13.8. The van der Waals surface area contributed by atoms with Gasteiger partial charge in [-0.15, -0.1) is 0 Å². The van der Waals surface area contributed by atoms with Gasteiger partial charge in [0.2, 0.25) is 0 Å². The third-order valence-electron chi connectivity index (χ3n) is 3.10. The SMILES string of the molecule is O=C(O)c1cc(NC2CCCOCC2)c(F)cc1F. The molecule has 4 nitrogen and oxygen atoms in total. The summed E-state index contributed by atoms with van der Waals surface area (Å²) in [6.07, 6.45) is 2.37. The number of aromatic carboxylic acids is 1. The predicted octanol–water partition coefficient (Wildman–Crippen LogP) is 2.64. The Bertz CT molecular complexity index is 471. The summed E-state index contributed by atoms with van der Waals surface area (Å²) in [5.74, 6) is -3.27. The highest BCUT2D eigenvalue weighted by atomic mass is 19.1. The van der Waals surface area contributed by atoms with Crippen LogP contribution in [0.1, 0.15) is 29.6 Å². The standard InChI is InChI=1S/C13H15F2NO3/c14-10-7-11(15)12(6-9(10)13(17)18)16-8-2-1-4-19-5-3-8/h6-8,16H,1-5H2,(H,17,18). The Kier molecular flexibility index (Phi) is 4.31. The van der Waals surface area contributed by atoms with E-state index in [4.69, 9.17) is 9.84 Å². The molecule has 0 amide bonds. The lowest BCUT2D eigenvalue weighted by molar-refractivity contribution is 0.0692. The molecule has 1 aliphatic rings. The number of halogens is 2. The first-order chi connectivity index (χ1) is 9.08. The molecule has 0 bridgehead atoms. The summed E-state index contributed by atoms with van der Waals surface area (Å²) in [5, 5.41) is 11.7. The van der Waals surface area contributed by atoms with E-state index in [0.29, 0.717) is 25.7 Å². The fourth-order valence-electron chi connectivity index (χ4n) is 2.09. The minimum atomic E-state index is -1.41. The zero-order valence-electron chi connectivity index (χ0n) is 10.3. The Morgan fingerprint density at radius 1 is 1.26 bits per heavy atom. The van der Waals surface area contributed by atoms with Gasteiger partial charge in [-0.3, -0.25) is 0 Å². The number of rotatable bonds is 3. The van der Waals surface area contributed by atoms with E-state index in [1.807, 2.05) is 0 Å². The average molecular weight is 271 g/mol. The van der Waals surface area contributed by atoms with E-state index < -0.39 is 23.2 Å². The number of nitrogens with one attached hydrogen (secondary N) is 1. The quantitative estimate of drug-likeness (QED) is 0.887. The van der Waals surface area contributed by atoms with Crippen LogP contribution in [0.3, 0.4) is 0 Å². The summed E-state index contributed by atoms with van der Waals surface area (Å²) in [4.78, 5) is 10.8. The first-order valence-electron chi connectivity index (χ1n) is 6.14. The topological polar surface area (TPSA) is 58.6 Å². The molecule has 1 aliphatic heterocycles. The summed E-state index contributed by atoms with van der Waals surface area (Å²) in [6, 6.07) is 1.60. The third kappa shape index (κ3) is 3.41. The monoisotopic (exact) mass is 271 g/mol. The molecule has 1 heterocycles. The smallest absolute Gasteiger partial charge is 0.338 e. The van der Waals surface area contributed by atoms with E-state index in [1.54, 1.807) is 0 Å². The second-order valence-corrected chi connectivity index (χ2v) is 4.50. The molecular formula is C13H15F2NO3. The van der Waals surface area contributed by atoms with E-state index in [2.05, 4.69) is 5.32 Å². The molecule has 1 aromatic carbocycles. The molecule has 1 fully saturated rings. The highest BCUT2D eigenvalue weighted by Crippen LogP contribution is 2.22. The summed E-state index contributed by atoms with van der Waals surface area (Å²) >= 11 is 0. The van der Waals surface area contributed by atoms with Crippen LogP contribution in [-0.2, 0) is 4.74 Å². The highest BCUT2D eigenvalue weighted by molar-refractivity contribution is 5.89. The molecule has 1 unspecified atom stereocenters. The normalized spacial score (nSPS) is 19.8. The van der Waals surface area contributed by atoms with Gasteiger partial charge in [-0.2, -0.15) is 0 Å². The van der Waals surface area contributed by atoms with Gasteiger partial charge in [-0.05, 0) is 25.3 Å². The number of ether oxygens (including phenoxy) is 1. The lowest BCUT2D eigenvalue weighted by Crippen LogP contribution is -2.21. The summed E-state index contributed by atoms with van der Waals surface area (Å²) < 4.78 is 32.2. The molecule has 6 heteroatoms. The molecule has 2 rings (SSSR count). The number of hydrogen-bond donors (Lipinski definition) is 2. The molecule has 0 aliphatic carbocycles. The molecule has 104 valence electrons. The Morgan fingerprint density at radius 2 is 2.05 bits per heavy atom. The minimum absolute atomic E-state index is 0.00380. The fourth-order valence-corrected chi connectivity index (χ4v) is 2.09. The van der Waals surface area contributed by atoms with E-state index in [1.165, 1.54) is 0 Å². The minimum Gasteiger partial charge on any atom is -0.478 e. The fraction of sp³-hybridized carbons (Fsp3) is 0.462. The van der Waals surface area contributed by atoms with Crippen molar-refractivity contribution in [3.05, 3.63) is 29.3 Å². The Labute approximate surface area is 109 Å². The lowest BCUT2D eigenvalue weighted by Gasteiger charge is -2.18.